The van der Waals surface area contributed by atoms with Crippen LogP contribution in [0.4, 0.5) is 0 Å². The fraction of sp³-hybridized carbons (Fsp3) is 0.818. The van der Waals surface area contributed by atoms with Gasteiger partial charge >= 0.3 is 11.9 Å². The molecule has 0 saturated heterocycles. The van der Waals surface area contributed by atoms with Gasteiger partial charge in [-0.25, -0.2) is 0 Å². The minimum absolute atomic E-state index is 0.186. The molecule has 0 aliphatic rings. The smallest absolute Gasteiger partial charge is 0.307 e. The van der Waals surface area contributed by atoms with Crippen molar-refractivity contribution in [2.45, 2.75) is 43.9 Å². The van der Waals surface area contributed by atoms with Gasteiger partial charge in [0.05, 0.1) is 26.1 Å². The summed E-state index contributed by atoms with van der Waals surface area (Å²) in [7, 11) is 0. The molecule has 0 radical (unpaired) electrons. The normalized spacial score (nSPS) is 13.9. The highest BCUT2D eigenvalue weighted by Crippen LogP contribution is 2.03. The monoisotopic (exact) mass is 284 g/mol. The third-order valence-corrected chi connectivity index (χ3v) is 2.02. The molecule has 0 heterocycles. The Bertz CT molecular complexity index is 218. The molecule has 2 atom stereocenters. The van der Waals surface area contributed by atoms with Crippen LogP contribution in [0, 0.1) is 0 Å². The summed E-state index contributed by atoms with van der Waals surface area (Å²) >= 11 is 11.2. The van der Waals surface area contributed by atoms with Crippen LogP contribution in [-0.4, -0.2) is 35.9 Å². The molecule has 0 fully saturated rings. The van der Waals surface area contributed by atoms with Crippen molar-refractivity contribution in [3.63, 3.8) is 0 Å². The topological polar surface area (TPSA) is 52.6 Å². The zero-order valence-corrected chi connectivity index (χ0v) is 11.6. The van der Waals surface area contributed by atoms with Crippen molar-refractivity contribution in [1.29, 1.82) is 0 Å². The number of alkyl halides is 2. The van der Waals surface area contributed by atoms with Crippen LogP contribution in [0.15, 0.2) is 0 Å². The number of hydrogen-bond donors (Lipinski definition) is 0. The maximum atomic E-state index is 11.1. The average molecular weight is 285 g/mol. The van der Waals surface area contributed by atoms with Crippen LogP contribution in [0.2, 0.25) is 0 Å². The molecular weight excluding hydrogens is 267 g/mol. The first kappa shape index (κ1) is 16.5. The van der Waals surface area contributed by atoms with Crippen molar-refractivity contribution in [2.24, 2.45) is 0 Å². The molecule has 100 valence electrons. The molecule has 0 amide bonds. The number of hydrogen-bond acceptors (Lipinski definition) is 4. The summed E-state index contributed by atoms with van der Waals surface area (Å²) in [6, 6.07) is 0. The van der Waals surface area contributed by atoms with E-state index in [9.17, 15) is 9.59 Å². The van der Waals surface area contributed by atoms with Crippen molar-refractivity contribution in [2.75, 3.05) is 13.2 Å². The van der Waals surface area contributed by atoms with E-state index >= 15 is 0 Å². The second-order valence-electron chi connectivity index (χ2n) is 3.76. The van der Waals surface area contributed by atoms with Gasteiger partial charge < -0.3 is 9.47 Å². The molecule has 0 aliphatic carbocycles. The number of carbonyl (C=O) groups excluding carboxylic acids is 2. The van der Waals surface area contributed by atoms with Gasteiger partial charge in [0.2, 0.25) is 0 Å². The van der Waals surface area contributed by atoms with Crippen LogP contribution in [-0.2, 0) is 19.1 Å². The van der Waals surface area contributed by atoms with E-state index in [4.69, 9.17) is 32.7 Å². The van der Waals surface area contributed by atoms with Crippen LogP contribution in [0.5, 0.6) is 0 Å². The van der Waals surface area contributed by atoms with Crippen LogP contribution < -0.4 is 0 Å². The summed E-state index contributed by atoms with van der Waals surface area (Å²) in [5.41, 5.74) is 0. The van der Waals surface area contributed by atoms with Crippen LogP contribution >= 0.6 is 23.2 Å². The van der Waals surface area contributed by atoms with Crippen molar-refractivity contribution in [1.82, 2.24) is 0 Å². The highest BCUT2D eigenvalue weighted by Gasteiger charge is 2.08. The Labute approximate surface area is 112 Å². The quantitative estimate of drug-likeness (QED) is 0.390. The highest BCUT2D eigenvalue weighted by molar-refractivity contribution is 6.21. The van der Waals surface area contributed by atoms with Gasteiger partial charge in [-0.15, -0.1) is 23.2 Å². The standard InChI is InChI=1S/C11H18Cl2O4/c1-8(12)6-10(14)16-4-3-5-17-11(15)7-9(2)13/h8-9H,3-7H2,1-2H3. The summed E-state index contributed by atoms with van der Waals surface area (Å²) in [5.74, 6) is -0.679. The number of esters is 2. The molecule has 0 aromatic heterocycles. The molecule has 0 spiro atoms. The number of ether oxygens (including phenoxy) is 2. The van der Waals surface area contributed by atoms with Gasteiger partial charge in [0.15, 0.2) is 0 Å². The van der Waals surface area contributed by atoms with Gasteiger partial charge in [-0.1, -0.05) is 0 Å². The van der Waals surface area contributed by atoms with Gasteiger partial charge in [0.25, 0.3) is 0 Å². The molecule has 0 aromatic carbocycles. The van der Waals surface area contributed by atoms with Crippen LogP contribution in [0.25, 0.3) is 0 Å². The van der Waals surface area contributed by atoms with E-state index in [0.717, 1.165) is 0 Å². The van der Waals surface area contributed by atoms with E-state index in [1.807, 2.05) is 0 Å². The van der Waals surface area contributed by atoms with Crippen molar-refractivity contribution < 1.29 is 19.1 Å². The van der Waals surface area contributed by atoms with Crippen LogP contribution in [0.3, 0.4) is 0 Å². The molecule has 0 N–H and O–H groups in total. The molecule has 2 unspecified atom stereocenters. The second-order valence-corrected chi connectivity index (χ2v) is 5.25. The molecule has 4 nitrogen and oxygen atoms in total. The first-order valence-corrected chi connectivity index (χ1v) is 6.38. The minimum atomic E-state index is -0.340. The molecule has 0 aromatic rings. The van der Waals surface area contributed by atoms with E-state index in [-0.39, 0.29) is 48.7 Å². The second kappa shape index (κ2) is 9.54. The zero-order chi connectivity index (χ0) is 13.3. The largest absolute Gasteiger partial charge is 0.465 e. The summed E-state index contributed by atoms with van der Waals surface area (Å²) in [6.07, 6.45) is 0.848. The maximum absolute atomic E-state index is 11.1. The predicted molar refractivity (Wildman–Crippen MR) is 66.4 cm³/mol. The number of carbonyl (C=O) groups is 2. The lowest BCUT2D eigenvalue weighted by Gasteiger charge is -2.07. The molecule has 6 heteroatoms. The molecular formula is C11H18Cl2O4. The van der Waals surface area contributed by atoms with E-state index in [2.05, 4.69) is 0 Å². The van der Waals surface area contributed by atoms with Gasteiger partial charge in [0.1, 0.15) is 0 Å². The predicted octanol–water partition coefficient (Wildman–Crippen LogP) is 2.50. The average Bonchev–Trinajstić information content (AvgIpc) is 2.14. The minimum Gasteiger partial charge on any atom is -0.465 e. The van der Waals surface area contributed by atoms with Gasteiger partial charge in [-0.05, 0) is 13.8 Å². The molecule has 0 aliphatic heterocycles. The lowest BCUT2D eigenvalue weighted by atomic mass is 10.3. The summed E-state index contributed by atoms with van der Waals surface area (Å²) in [4.78, 5) is 22.1. The molecule has 0 bridgehead atoms. The maximum Gasteiger partial charge on any atom is 0.307 e. The zero-order valence-electron chi connectivity index (χ0n) is 10.1. The van der Waals surface area contributed by atoms with E-state index in [1.165, 1.54) is 0 Å². The Balaban J connectivity index is 3.40. The molecule has 0 rings (SSSR count). The Morgan fingerprint density at radius 1 is 0.941 bits per heavy atom. The van der Waals surface area contributed by atoms with Gasteiger partial charge in [-0.3, -0.25) is 9.59 Å². The third kappa shape index (κ3) is 11.8. The van der Waals surface area contributed by atoms with Gasteiger partial charge in [-0.2, -0.15) is 0 Å². The fourth-order valence-corrected chi connectivity index (χ4v) is 1.26. The lowest BCUT2D eigenvalue weighted by molar-refractivity contribution is -0.146. The van der Waals surface area contributed by atoms with Crippen molar-refractivity contribution in [3.05, 3.63) is 0 Å². The van der Waals surface area contributed by atoms with Crippen molar-refractivity contribution in [3.8, 4) is 0 Å². The first-order valence-electron chi connectivity index (χ1n) is 5.51. The van der Waals surface area contributed by atoms with Gasteiger partial charge in [0, 0.05) is 17.2 Å². The highest BCUT2D eigenvalue weighted by atomic mass is 35.5. The Kier molecular flexibility index (Phi) is 9.27. The molecule has 17 heavy (non-hydrogen) atoms. The fourth-order valence-electron chi connectivity index (χ4n) is 1.01. The van der Waals surface area contributed by atoms with E-state index in [0.29, 0.717) is 6.42 Å². The summed E-state index contributed by atoms with van der Waals surface area (Å²) in [5, 5.41) is -0.462. The number of rotatable bonds is 8. The SMILES string of the molecule is CC(Cl)CC(=O)OCCCOC(=O)CC(C)Cl. The summed E-state index contributed by atoms with van der Waals surface area (Å²) in [6.45, 7) is 3.90. The number of halogens is 2. The molecule has 0 saturated carbocycles. The third-order valence-electron chi connectivity index (χ3n) is 1.71. The van der Waals surface area contributed by atoms with Crippen molar-refractivity contribution >= 4 is 35.1 Å². The van der Waals surface area contributed by atoms with Crippen LogP contribution in [0.1, 0.15) is 33.1 Å². The Hall–Kier alpha value is -0.480. The Morgan fingerprint density at radius 3 is 1.59 bits per heavy atom. The lowest BCUT2D eigenvalue weighted by Crippen LogP contribution is -2.14. The Morgan fingerprint density at radius 2 is 1.29 bits per heavy atom. The van der Waals surface area contributed by atoms with E-state index in [1.54, 1.807) is 13.8 Å². The summed E-state index contributed by atoms with van der Waals surface area (Å²) < 4.78 is 9.75. The first-order chi connectivity index (χ1) is 7.91. The van der Waals surface area contributed by atoms with E-state index < -0.39 is 0 Å².